The van der Waals surface area contributed by atoms with E-state index >= 15 is 0 Å². The third-order valence-corrected chi connectivity index (χ3v) is 6.69. The quantitative estimate of drug-likeness (QED) is 0.506. The van der Waals surface area contributed by atoms with Crippen LogP contribution in [0.2, 0.25) is 0 Å². The lowest BCUT2D eigenvalue weighted by Crippen LogP contribution is -2.38. The number of likely N-dealkylation sites (tertiary alicyclic amines) is 1. The molecule has 1 saturated heterocycles. The molecule has 176 valence electrons. The minimum atomic E-state index is -0.194. The van der Waals surface area contributed by atoms with Gasteiger partial charge in [-0.25, -0.2) is 0 Å². The number of nitrogens with zero attached hydrogens (tertiary/aromatic N) is 1. The van der Waals surface area contributed by atoms with Crippen molar-refractivity contribution in [3.63, 3.8) is 0 Å². The molecule has 34 heavy (non-hydrogen) atoms. The number of hydrogen-bond donors (Lipinski definition) is 2. The zero-order chi connectivity index (χ0) is 23.9. The molecule has 5 heteroatoms. The van der Waals surface area contributed by atoms with Crippen LogP contribution in [0, 0.1) is 12.8 Å². The lowest BCUT2D eigenvalue weighted by atomic mass is 9.95. The predicted octanol–water partition coefficient (Wildman–Crippen LogP) is 5.34. The zero-order valence-electron chi connectivity index (χ0n) is 20.0. The monoisotopic (exact) mass is 455 g/mol. The van der Waals surface area contributed by atoms with Crippen molar-refractivity contribution in [2.45, 2.75) is 39.3 Å². The molecule has 0 aliphatic carbocycles. The van der Waals surface area contributed by atoms with Crippen molar-refractivity contribution in [3.8, 4) is 0 Å². The lowest BCUT2D eigenvalue weighted by molar-refractivity contribution is -0.121. The smallest absolute Gasteiger partial charge is 0.253 e. The topological polar surface area (TPSA) is 61.4 Å². The highest BCUT2D eigenvalue weighted by Crippen LogP contribution is 2.24. The summed E-state index contributed by atoms with van der Waals surface area (Å²) in [5, 5.41) is 6.07. The molecule has 1 atom stereocenters. The van der Waals surface area contributed by atoms with Crippen molar-refractivity contribution < 1.29 is 9.59 Å². The van der Waals surface area contributed by atoms with Gasteiger partial charge >= 0.3 is 0 Å². The van der Waals surface area contributed by atoms with Gasteiger partial charge < -0.3 is 10.6 Å². The Hall–Kier alpha value is -3.44. The maximum absolute atomic E-state index is 13.0. The Kier molecular flexibility index (Phi) is 7.76. The van der Waals surface area contributed by atoms with Gasteiger partial charge in [0, 0.05) is 12.5 Å². The molecule has 2 N–H and O–H groups in total. The number of para-hydroxylation sites is 1. The lowest BCUT2D eigenvalue weighted by Gasteiger charge is -2.31. The fourth-order valence-electron chi connectivity index (χ4n) is 4.51. The third kappa shape index (κ3) is 5.91. The fraction of sp³-hybridized carbons (Fsp3) is 0.310. The molecule has 3 aromatic carbocycles. The molecule has 0 aromatic heterocycles. The molecule has 1 fully saturated rings. The highest BCUT2D eigenvalue weighted by molar-refractivity contribution is 6.04. The van der Waals surface area contributed by atoms with Crippen molar-refractivity contribution in [3.05, 3.63) is 101 Å². The van der Waals surface area contributed by atoms with E-state index in [1.54, 1.807) is 12.1 Å². The van der Waals surface area contributed by atoms with Crippen LogP contribution in [0.4, 0.5) is 5.69 Å². The van der Waals surface area contributed by atoms with Gasteiger partial charge in [-0.15, -0.1) is 0 Å². The van der Waals surface area contributed by atoms with E-state index in [9.17, 15) is 9.59 Å². The molecule has 0 unspecified atom stereocenters. The van der Waals surface area contributed by atoms with Gasteiger partial charge in [0.1, 0.15) is 0 Å². The van der Waals surface area contributed by atoms with Crippen LogP contribution >= 0.6 is 0 Å². The summed E-state index contributed by atoms with van der Waals surface area (Å²) in [5.74, 6) is -0.250. The summed E-state index contributed by atoms with van der Waals surface area (Å²) in [6.07, 6.45) is 1.63. The van der Waals surface area contributed by atoms with Gasteiger partial charge in [-0.1, -0.05) is 66.7 Å². The maximum atomic E-state index is 13.0. The Labute approximate surface area is 202 Å². The summed E-state index contributed by atoms with van der Waals surface area (Å²) in [6, 6.07) is 25.4. The Morgan fingerprint density at radius 2 is 1.56 bits per heavy atom. The number of piperidine rings is 1. The Morgan fingerprint density at radius 1 is 0.912 bits per heavy atom. The van der Waals surface area contributed by atoms with Gasteiger partial charge in [0.15, 0.2) is 0 Å². The van der Waals surface area contributed by atoms with E-state index in [0.29, 0.717) is 11.3 Å². The number of carbonyl (C=O) groups excluding carboxylic acids is 2. The van der Waals surface area contributed by atoms with E-state index in [2.05, 4.69) is 46.7 Å². The molecule has 1 heterocycles. The number of rotatable bonds is 7. The second-order valence-electron chi connectivity index (χ2n) is 9.12. The van der Waals surface area contributed by atoms with Gasteiger partial charge in [-0.05, 0) is 68.6 Å². The van der Waals surface area contributed by atoms with Crippen molar-refractivity contribution in [1.29, 1.82) is 0 Å². The first-order valence-electron chi connectivity index (χ1n) is 12.0. The van der Waals surface area contributed by atoms with Crippen LogP contribution in [0.5, 0.6) is 0 Å². The molecule has 0 radical (unpaired) electrons. The van der Waals surface area contributed by atoms with E-state index in [1.807, 2.05) is 49.4 Å². The van der Waals surface area contributed by atoms with Gasteiger partial charge in [-0.3, -0.25) is 14.5 Å². The number of hydrogen-bond acceptors (Lipinski definition) is 3. The van der Waals surface area contributed by atoms with Crippen molar-refractivity contribution in [2.24, 2.45) is 5.92 Å². The Balaban J connectivity index is 1.34. The fourth-order valence-corrected chi connectivity index (χ4v) is 4.51. The van der Waals surface area contributed by atoms with Crippen LogP contribution in [0.1, 0.15) is 52.9 Å². The zero-order valence-corrected chi connectivity index (χ0v) is 20.0. The normalized spacial score (nSPS) is 15.5. The maximum Gasteiger partial charge on any atom is 0.253 e. The summed E-state index contributed by atoms with van der Waals surface area (Å²) < 4.78 is 0. The second-order valence-corrected chi connectivity index (χ2v) is 9.12. The summed E-state index contributed by atoms with van der Waals surface area (Å²) in [5.41, 5.74) is 4.73. The number of anilines is 1. The summed E-state index contributed by atoms with van der Waals surface area (Å²) in [4.78, 5) is 28.4. The highest BCUT2D eigenvalue weighted by atomic mass is 16.2. The first-order chi connectivity index (χ1) is 16.5. The molecule has 3 aromatic rings. The summed E-state index contributed by atoms with van der Waals surface area (Å²) >= 11 is 0. The minimum absolute atomic E-state index is 0.00750. The number of nitrogens with one attached hydrogen (secondary N) is 2. The van der Waals surface area contributed by atoms with Crippen LogP contribution in [-0.4, -0.2) is 29.8 Å². The first-order valence-corrected chi connectivity index (χ1v) is 12.0. The average molecular weight is 456 g/mol. The van der Waals surface area contributed by atoms with Gasteiger partial charge in [0.25, 0.3) is 5.91 Å². The summed E-state index contributed by atoms with van der Waals surface area (Å²) in [7, 11) is 0. The third-order valence-electron chi connectivity index (χ3n) is 6.69. The molecule has 4 rings (SSSR count). The number of carbonyl (C=O) groups is 2. The van der Waals surface area contributed by atoms with Crippen LogP contribution < -0.4 is 10.6 Å². The van der Waals surface area contributed by atoms with Crippen LogP contribution in [0.25, 0.3) is 0 Å². The van der Waals surface area contributed by atoms with E-state index in [-0.39, 0.29) is 23.8 Å². The predicted molar refractivity (Wildman–Crippen MR) is 137 cm³/mol. The molecular weight excluding hydrogens is 422 g/mol. The van der Waals surface area contributed by atoms with Crippen LogP contribution in [0.15, 0.2) is 78.9 Å². The van der Waals surface area contributed by atoms with E-state index in [0.717, 1.165) is 38.0 Å². The van der Waals surface area contributed by atoms with Gasteiger partial charge in [0.05, 0.1) is 17.3 Å². The van der Waals surface area contributed by atoms with Gasteiger partial charge in [-0.2, -0.15) is 0 Å². The molecule has 2 amide bonds. The Morgan fingerprint density at radius 3 is 2.29 bits per heavy atom. The Bertz CT molecular complexity index is 1120. The molecule has 0 saturated carbocycles. The standard InChI is InChI=1S/C29H33N3O2/c1-21-10-6-7-13-25(21)20-32-18-16-24(17-19-32)28(33)31-27-15-9-8-14-26(27)29(34)30-22(2)23-11-4-3-5-12-23/h3-15,22,24H,16-20H2,1-2H3,(H,30,34)(H,31,33)/t22-/m0/s1. The van der Waals surface area contributed by atoms with Crippen LogP contribution in [0.3, 0.4) is 0 Å². The molecule has 1 aliphatic heterocycles. The van der Waals surface area contributed by atoms with E-state index in [1.165, 1.54) is 11.1 Å². The van der Waals surface area contributed by atoms with Crippen molar-refractivity contribution >= 4 is 17.5 Å². The van der Waals surface area contributed by atoms with E-state index in [4.69, 9.17) is 0 Å². The van der Waals surface area contributed by atoms with Crippen molar-refractivity contribution in [1.82, 2.24) is 10.2 Å². The second kappa shape index (κ2) is 11.1. The first kappa shape index (κ1) is 23.7. The van der Waals surface area contributed by atoms with Crippen molar-refractivity contribution in [2.75, 3.05) is 18.4 Å². The number of aryl methyl sites for hydroxylation is 1. The van der Waals surface area contributed by atoms with E-state index < -0.39 is 0 Å². The molecular formula is C29H33N3O2. The summed E-state index contributed by atoms with van der Waals surface area (Å²) in [6.45, 7) is 6.80. The molecule has 1 aliphatic rings. The SMILES string of the molecule is Cc1ccccc1CN1CCC(C(=O)Nc2ccccc2C(=O)N[C@@H](C)c2ccccc2)CC1. The molecule has 0 bridgehead atoms. The number of amides is 2. The van der Waals surface area contributed by atoms with Gasteiger partial charge in [0.2, 0.25) is 5.91 Å². The molecule has 5 nitrogen and oxygen atoms in total. The average Bonchev–Trinajstić information content (AvgIpc) is 2.86. The largest absolute Gasteiger partial charge is 0.345 e. The highest BCUT2D eigenvalue weighted by Gasteiger charge is 2.26. The molecule has 0 spiro atoms. The van der Waals surface area contributed by atoms with Crippen LogP contribution in [-0.2, 0) is 11.3 Å². The minimum Gasteiger partial charge on any atom is -0.345 e. The number of benzene rings is 3.